The zero-order valence-electron chi connectivity index (χ0n) is 21.3. The minimum atomic E-state index is -4.38. The molecule has 1 aliphatic rings. The Morgan fingerprint density at radius 1 is 1.13 bits per heavy atom. The summed E-state index contributed by atoms with van der Waals surface area (Å²) in [5, 5.41) is 7.46. The van der Waals surface area contributed by atoms with Crippen LogP contribution in [0.1, 0.15) is 38.3 Å². The van der Waals surface area contributed by atoms with Crippen LogP contribution in [0.4, 0.5) is 24.5 Å². The minimum absolute atomic E-state index is 0.203. The Kier molecular flexibility index (Phi) is 9.00. The van der Waals surface area contributed by atoms with E-state index in [4.69, 9.17) is 4.74 Å². The highest BCUT2D eigenvalue weighted by Crippen LogP contribution is 2.33. The molecule has 4 rings (SSSR count). The number of anilines is 2. The molecule has 3 N–H and O–H groups in total. The van der Waals surface area contributed by atoms with Crippen LogP contribution in [0.2, 0.25) is 0 Å². The van der Waals surface area contributed by atoms with E-state index < -0.39 is 12.7 Å². The summed E-state index contributed by atoms with van der Waals surface area (Å²) in [6, 6.07) is 12.9. The molecule has 1 fully saturated rings. The molecule has 0 saturated heterocycles. The molecule has 6 nitrogen and oxygen atoms in total. The maximum Gasteiger partial charge on any atom is 0.406 e. The van der Waals surface area contributed by atoms with Crippen molar-refractivity contribution in [3.63, 3.8) is 0 Å². The Hall–Kier alpha value is -3.45. The standard InChI is InChI=1S/C28H31F3N4O2S/c1-19-8-10-20(11-9-19)34-24-6-3-7-26-23(24)15-21(35(26)17-28(29,30)31)5-4-14-32-25-13-12-22(38-33-18-36)16-27(25)37-2/h3,6-7,12-13,15-16,18-20,32,34H,8-11,14,17H2,1-2H3,(H,33,36). The van der Waals surface area contributed by atoms with Crippen LogP contribution in [0.3, 0.4) is 0 Å². The van der Waals surface area contributed by atoms with Gasteiger partial charge in [-0.05, 0) is 85.9 Å². The lowest BCUT2D eigenvalue weighted by atomic mass is 9.87. The van der Waals surface area contributed by atoms with Gasteiger partial charge in [-0.2, -0.15) is 13.2 Å². The number of alkyl halides is 3. The van der Waals surface area contributed by atoms with Crippen LogP contribution in [0.25, 0.3) is 10.9 Å². The van der Waals surface area contributed by atoms with Gasteiger partial charge in [0, 0.05) is 22.0 Å². The van der Waals surface area contributed by atoms with Crippen LogP contribution < -0.4 is 20.1 Å². The fourth-order valence-electron chi connectivity index (χ4n) is 4.74. The summed E-state index contributed by atoms with van der Waals surface area (Å²) >= 11 is 1.15. The number of hydrogen-bond donors (Lipinski definition) is 3. The van der Waals surface area contributed by atoms with Gasteiger partial charge in [0.05, 0.1) is 30.6 Å². The Morgan fingerprint density at radius 2 is 1.92 bits per heavy atom. The molecule has 0 aliphatic heterocycles. The van der Waals surface area contributed by atoms with Crippen molar-refractivity contribution in [1.82, 2.24) is 9.29 Å². The van der Waals surface area contributed by atoms with E-state index in [-0.39, 0.29) is 6.54 Å². The highest BCUT2D eigenvalue weighted by molar-refractivity contribution is 7.97. The summed E-state index contributed by atoms with van der Waals surface area (Å²) in [6.07, 6.45) is 0.608. The second-order valence-corrected chi connectivity index (χ2v) is 10.3. The zero-order chi connectivity index (χ0) is 27.1. The normalized spacial score (nSPS) is 17.4. The minimum Gasteiger partial charge on any atom is -0.495 e. The maximum atomic E-state index is 13.5. The average molecular weight is 545 g/mol. The van der Waals surface area contributed by atoms with Gasteiger partial charge in [-0.15, -0.1) is 0 Å². The van der Waals surface area contributed by atoms with E-state index in [2.05, 4.69) is 34.1 Å². The number of fused-ring (bicyclic) bond motifs is 1. The first-order chi connectivity index (χ1) is 18.3. The molecule has 0 unspecified atom stereocenters. The summed E-state index contributed by atoms with van der Waals surface area (Å²) in [5.41, 5.74) is 2.34. The number of nitrogens with zero attached hydrogens (tertiary/aromatic N) is 1. The second kappa shape index (κ2) is 12.4. The molecule has 1 saturated carbocycles. The first-order valence-corrected chi connectivity index (χ1v) is 13.3. The number of benzene rings is 2. The highest BCUT2D eigenvalue weighted by Gasteiger charge is 2.30. The van der Waals surface area contributed by atoms with Gasteiger partial charge in [-0.25, -0.2) is 0 Å². The maximum absolute atomic E-state index is 13.5. The van der Waals surface area contributed by atoms with Crippen molar-refractivity contribution in [1.29, 1.82) is 0 Å². The monoisotopic (exact) mass is 544 g/mol. The van der Waals surface area contributed by atoms with Crippen LogP contribution in [0.5, 0.6) is 5.75 Å². The average Bonchev–Trinajstić information content (AvgIpc) is 3.23. The molecule has 0 radical (unpaired) electrons. The lowest BCUT2D eigenvalue weighted by molar-refractivity contribution is -0.140. The van der Waals surface area contributed by atoms with Crippen LogP contribution in [-0.4, -0.2) is 36.8 Å². The molecule has 38 heavy (non-hydrogen) atoms. The number of amides is 1. The molecule has 1 amide bonds. The smallest absolute Gasteiger partial charge is 0.406 e. The molecule has 0 spiro atoms. The zero-order valence-corrected chi connectivity index (χ0v) is 22.1. The first kappa shape index (κ1) is 27.6. The van der Waals surface area contributed by atoms with Gasteiger partial charge in [0.2, 0.25) is 6.41 Å². The topological polar surface area (TPSA) is 67.3 Å². The molecule has 202 valence electrons. The largest absolute Gasteiger partial charge is 0.495 e. The summed E-state index contributed by atoms with van der Waals surface area (Å²) in [7, 11) is 1.53. The van der Waals surface area contributed by atoms with Crippen molar-refractivity contribution >= 4 is 40.6 Å². The predicted molar refractivity (Wildman–Crippen MR) is 146 cm³/mol. The molecule has 2 aromatic carbocycles. The summed E-state index contributed by atoms with van der Waals surface area (Å²) < 4.78 is 49.7. The van der Waals surface area contributed by atoms with Crippen molar-refractivity contribution in [2.45, 2.75) is 56.3 Å². The quantitative estimate of drug-likeness (QED) is 0.165. The van der Waals surface area contributed by atoms with Gasteiger partial charge in [0.1, 0.15) is 12.3 Å². The fourth-order valence-corrected chi connectivity index (χ4v) is 5.22. The van der Waals surface area contributed by atoms with Crippen molar-refractivity contribution in [3.05, 3.63) is 48.2 Å². The summed E-state index contributed by atoms with van der Waals surface area (Å²) in [6.45, 7) is 1.35. The number of aromatic nitrogens is 1. The van der Waals surface area contributed by atoms with Crippen molar-refractivity contribution in [3.8, 4) is 17.6 Å². The Bertz CT molecular complexity index is 1320. The molecule has 0 bridgehead atoms. The van der Waals surface area contributed by atoms with Gasteiger partial charge in [0.25, 0.3) is 0 Å². The molecule has 3 aromatic rings. The number of methoxy groups -OCH3 is 1. The lowest BCUT2D eigenvalue weighted by Gasteiger charge is -2.28. The van der Waals surface area contributed by atoms with Gasteiger partial charge in [-0.1, -0.05) is 18.9 Å². The Morgan fingerprint density at radius 3 is 2.63 bits per heavy atom. The molecular weight excluding hydrogens is 513 g/mol. The lowest BCUT2D eigenvalue weighted by Crippen LogP contribution is -2.25. The molecule has 0 atom stereocenters. The second-order valence-electron chi connectivity index (χ2n) is 9.43. The Balaban J connectivity index is 1.56. The summed E-state index contributed by atoms with van der Waals surface area (Å²) in [5.74, 6) is 7.16. The number of ether oxygens (including phenoxy) is 1. The van der Waals surface area contributed by atoms with Crippen molar-refractivity contribution in [2.24, 2.45) is 5.92 Å². The predicted octanol–water partition coefficient (Wildman–Crippen LogP) is 6.42. The fraction of sp³-hybridized carbons (Fsp3) is 0.393. The number of nitrogens with one attached hydrogen (secondary N) is 3. The highest BCUT2D eigenvalue weighted by atomic mass is 32.2. The third kappa shape index (κ3) is 7.10. The van der Waals surface area contributed by atoms with Gasteiger partial charge >= 0.3 is 6.18 Å². The van der Waals surface area contributed by atoms with E-state index in [1.54, 1.807) is 30.3 Å². The third-order valence-electron chi connectivity index (χ3n) is 6.64. The van der Waals surface area contributed by atoms with Crippen molar-refractivity contribution < 1.29 is 22.7 Å². The van der Waals surface area contributed by atoms with Crippen molar-refractivity contribution in [2.75, 3.05) is 24.3 Å². The van der Waals surface area contributed by atoms with E-state index in [0.29, 0.717) is 41.0 Å². The SMILES string of the molecule is COc1cc(SNC=O)ccc1NCC#Cc1cc2c(NC3CCC(C)CC3)cccc2n1CC(F)(F)F. The van der Waals surface area contributed by atoms with Gasteiger partial charge in [-0.3, -0.25) is 9.52 Å². The van der Waals surface area contributed by atoms with Gasteiger partial charge in [0.15, 0.2) is 0 Å². The van der Waals surface area contributed by atoms with E-state index in [1.807, 2.05) is 12.1 Å². The van der Waals surface area contributed by atoms with E-state index >= 15 is 0 Å². The van der Waals surface area contributed by atoms with Gasteiger partial charge < -0.3 is 19.9 Å². The van der Waals surface area contributed by atoms with E-state index in [9.17, 15) is 18.0 Å². The number of rotatable bonds is 9. The van der Waals surface area contributed by atoms with E-state index in [0.717, 1.165) is 53.6 Å². The number of halogens is 3. The van der Waals surface area contributed by atoms with Crippen LogP contribution in [-0.2, 0) is 11.3 Å². The number of carbonyl (C=O) groups excluding carboxylic acids is 1. The van der Waals surface area contributed by atoms with Crippen LogP contribution >= 0.6 is 11.9 Å². The Labute approximate surface area is 224 Å². The summed E-state index contributed by atoms with van der Waals surface area (Å²) in [4.78, 5) is 11.3. The number of carbonyl (C=O) groups is 1. The van der Waals surface area contributed by atoms with Crippen LogP contribution in [0.15, 0.2) is 47.4 Å². The molecule has 1 heterocycles. The third-order valence-corrected chi connectivity index (χ3v) is 7.34. The first-order valence-electron chi connectivity index (χ1n) is 12.5. The van der Waals surface area contributed by atoms with E-state index in [1.165, 1.54) is 11.7 Å². The van der Waals surface area contributed by atoms with Crippen LogP contribution in [0, 0.1) is 17.8 Å². The molecule has 1 aromatic heterocycles. The molecular formula is C28H31F3N4O2S. The molecule has 1 aliphatic carbocycles. The number of hydrogen-bond acceptors (Lipinski definition) is 5. The molecule has 10 heteroatoms.